The number of unbranched alkanes of at least 4 members (excludes halogenated alkanes) is 17. The Balaban J connectivity index is 2.25. The molecule has 0 unspecified atom stereocenters. The van der Waals surface area contributed by atoms with Crippen LogP contribution in [0, 0.1) is 0 Å². The standard InChI is InChI=1S/C38H71NO2Si/c1-5-9-12-23-32-42(33-24-13-10-6-2,34-25-14-11-7-3)35-26-21-19-17-15-16-18-20-22-31-39-37-29-27-36(28-30-37)38(40)41-8-4/h27-30,39H,5-26,31-35H2,1-4H3. The number of carbonyl (C=O) groups excluding carboxylic acids is 1. The summed E-state index contributed by atoms with van der Waals surface area (Å²) in [4.78, 5) is 11.8. The van der Waals surface area contributed by atoms with Crippen molar-refractivity contribution in [2.24, 2.45) is 0 Å². The zero-order chi connectivity index (χ0) is 30.6. The molecule has 0 aliphatic carbocycles. The Hall–Kier alpha value is -1.29. The van der Waals surface area contributed by atoms with Gasteiger partial charge in [0.05, 0.1) is 20.2 Å². The van der Waals surface area contributed by atoms with Gasteiger partial charge in [-0.2, -0.15) is 0 Å². The third-order valence-electron chi connectivity index (χ3n) is 9.29. The topological polar surface area (TPSA) is 38.3 Å². The van der Waals surface area contributed by atoms with Gasteiger partial charge in [0.15, 0.2) is 0 Å². The average Bonchev–Trinajstić information content (AvgIpc) is 3.00. The summed E-state index contributed by atoms with van der Waals surface area (Å²) >= 11 is 0. The number of benzene rings is 1. The van der Waals surface area contributed by atoms with Gasteiger partial charge < -0.3 is 10.1 Å². The summed E-state index contributed by atoms with van der Waals surface area (Å²) in [5.74, 6) is -0.243. The van der Waals surface area contributed by atoms with E-state index in [0.29, 0.717) is 12.2 Å². The van der Waals surface area contributed by atoms with Gasteiger partial charge in [-0.05, 0) is 37.6 Å². The maximum atomic E-state index is 11.8. The van der Waals surface area contributed by atoms with E-state index in [0.717, 1.165) is 12.2 Å². The van der Waals surface area contributed by atoms with Crippen molar-refractivity contribution < 1.29 is 9.53 Å². The van der Waals surface area contributed by atoms with E-state index in [2.05, 4.69) is 26.1 Å². The van der Waals surface area contributed by atoms with Crippen LogP contribution >= 0.6 is 0 Å². The van der Waals surface area contributed by atoms with E-state index in [-0.39, 0.29) is 5.97 Å². The van der Waals surface area contributed by atoms with Crippen molar-refractivity contribution >= 4 is 19.7 Å². The van der Waals surface area contributed by atoms with E-state index in [1.807, 2.05) is 31.2 Å². The Morgan fingerprint density at radius 1 is 0.548 bits per heavy atom. The van der Waals surface area contributed by atoms with Crippen molar-refractivity contribution in [2.45, 2.75) is 187 Å². The van der Waals surface area contributed by atoms with Crippen molar-refractivity contribution in [1.82, 2.24) is 0 Å². The van der Waals surface area contributed by atoms with Crippen molar-refractivity contribution in [3.05, 3.63) is 29.8 Å². The Morgan fingerprint density at radius 3 is 1.33 bits per heavy atom. The Morgan fingerprint density at radius 2 is 0.929 bits per heavy atom. The lowest BCUT2D eigenvalue weighted by atomic mass is 10.1. The third-order valence-corrected chi connectivity index (χ3v) is 14.9. The van der Waals surface area contributed by atoms with Crippen LogP contribution in [0.5, 0.6) is 0 Å². The number of nitrogens with one attached hydrogen (secondary N) is 1. The van der Waals surface area contributed by atoms with Crippen LogP contribution in [0.2, 0.25) is 24.2 Å². The summed E-state index contributed by atoms with van der Waals surface area (Å²) in [6.45, 7) is 10.3. The monoisotopic (exact) mass is 602 g/mol. The minimum absolute atomic E-state index is 0.243. The molecular formula is C38H71NO2Si. The Bertz CT molecular complexity index is 704. The molecule has 0 amide bonds. The van der Waals surface area contributed by atoms with Gasteiger partial charge in [-0.1, -0.05) is 173 Å². The van der Waals surface area contributed by atoms with Crippen molar-refractivity contribution in [1.29, 1.82) is 0 Å². The Labute approximate surface area is 263 Å². The fourth-order valence-electron chi connectivity index (χ4n) is 6.56. The summed E-state index contributed by atoms with van der Waals surface area (Å²) in [6.07, 6.45) is 30.0. The molecule has 42 heavy (non-hydrogen) atoms. The highest BCUT2D eigenvalue weighted by atomic mass is 28.3. The molecule has 0 bridgehead atoms. The maximum absolute atomic E-state index is 11.8. The first-order chi connectivity index (χ1) is 20.6. The largest absolute Gasteiger partial charge is 0.462 e. The molecule has 1 aromatic carbocycles. The molecule has 4 heteroatoms. The summed E-state index contributed by atoms with van der Waals surface area (Å²) < 4.78 is 5.05. The number of esters is 1. The van der Waals surface area contributed by atoms with Crippen molar-refractivity contribution in [3.8, 4) is 0 Å². The molecule has 0 fully saturated rings. The quantitative estimate of drug-likeness (QED) is 0.0541. The number of hydrogen-bond donors (Lipinski definition) is 1. The maximum Gasteiger partial charge on any atom is 0.338 e. The lowest BCUT2D eigenvalue weighted by molar-refractivity contribution is 0.0526. The summed E-state index contributed by atoms with van der Waals surface area (Å²) in [5, 5.41) is 3.49. The highest BCUT2D eigenvalue weighted by Crippen LogP contribution is 2.35. The van der Waals surface area contributed by atoms with Crippen molar-refractivity contribution in [3.63, 3.8) is 0 Å². The molecule has 0 radical (unpaired) electrons. The number of hydrogen-bond acceptors (Lipinski definition) is 3. The van der Waals surface area contributed by atoms with Crippen LogP contribution in [0.3, 0.4) is 0 Å². The van der Waals surface area contributed by atoms with Crippen LogP contribution in [0.4, 0.5) is 5.69 Å². The first kappa shape index (κ1) is 38.7. The van der Waals surface area contributed by atoms with Crippen LogP contribution in [-0.4, -0.2) is 27.2 Å². The fourth-order valence-corrected chi connectivity index (χ4v) is 12.1. The van der Waals surface area contributed by atoms with Gasteiger partial charge in [-0.15, -0.1) is 0 Å². The minimum Gasteiger partial charge on any atom is -0.462 e. The van der Waals surface area contributed by atoms with Crippen molar-refractivity contribution in [2.75, 3.05) is 18.5 Å². The van der Waals surface area contributed by atoms with Crippen LogP contribution in [0.15, 0.2) is 24.3 Å². The number of carbonyl (C=O) groups is 1. The van der Waals surface area contributed by atoms with Gasteiger partial charge in [-0.25, -0.2) is 4.79 Å². The van der Waals surface area contributed by atoms with Crippen LogP contribution in [0.25, 0.3) is 0 Å². The minimum atomic E-state index is -1.10. The first-order valence-corrected chi connectivity index (χ1v) is 21.4. The van der Waals surface area contributed by atoms with E-state index >= 15 is 0 Å². The molecule has 1 rings (SSSR count). The molecule has 1 N–H and O–H groups in total. The zero-order valence-corrected chi connectivity index (χ0v) is 29.7. The normalized spacial score (nSPS) is 11.6. The summed E-state index contributed by atoms with van der Waals surface area (Å²) in [5.41, 5.74) is 1.70. The number of anilines is 1. The second-order valence-electron chi connectivity index (χ2n) is 13.1. The van der Waals surface area contributed by atoms with Gasteiger partial charge in [0, 0.05) is 12.2 Å². The highest BCUT2D eigenvalue weighted by molar-refractivity contribution is 6.79. The summed E-state index contributed by atoms with van der Waals surface area (Å²) in [7, 11) is -1.10. The fraction of sp³-hybridized carbons (Fsp3) is 0.816. The zero-order valence-electron chi connectivity index (χ0n) is 28.7. The molecule has 0 atom stereocenters. The van der Waals surface area contributed by atoms with E-state index in [9.17, 15) is 4.79 Å². The molecular weight excluding hydrogens is 531 g/mol. The predicted molar refractivity (Wildman–Crippen MR) is 190 cm³/mol. The molecule has 244 valence electrons. The molecule has 0 aliphatic rings. The third kappa shape index (κ3) is 19.8. The lowest BCUT2D eigenvalue weighted by Gasteiger charge is -2.33. The van der Waals surface area contributed by atoms with Gasteiger partial charge >= 0.3 is 5.97 Å². The molecule has 3 nitrogen and oxygen atoms in total. The second kappa shape index (κ2) is 27.3. The van der Waals surface area contributed by atoms with Crippen LogP contribution in [0.1, 0.15) is 173 Å². The average molecular weight is 602 g/mol. The van der Waals surface area contributed by atoms with Gasteiger partial charge in [0.25, 0.3) is 0 Å². The molecule has 0 aliphatic heterocycles. The van der Waals surface area contributed by atoms with E-state index in [1.54, 1.807) is 24.2 Å². The van der Waals surface area contributed by atoms with Crippen LogP contribution in [-0.2, 0) is 4.74 Å². The van der Waals surface area contributed by atoms with Gasteiger partial charge in [-0.3, -0.25) is 0 Å². The SMILES string of the molecule is CCCCCC[Si](CCCCCC)(CCCCCC)CCCCCCCCCCCNc1ccc(C(=O)OCC)cc1. The molecule has 1 aromatic rings. The first-order valence-electron chi connectivity index (χ1n) is 18.6. The predicted octanol–water partition coefficient (Wildman–Crippen LogP) is 13.0. The number of ether oxygens (including phenoxy) is 1. The van der Waals surface area contributed by atoms with E-state index < -0.39 is 8.07 Å². The molecule has 0 heterocycles. The second-order valence-corrected chi connectivity index (χ2v) is 18.1. The van der Waals surface area contributed by atoms with Gasteiger partial charge in [0.2, 0.25) is 0 Å². The lowest BCUT2D eigenvalue weighted by Crippen LogP contribution is -2.34. The Kier molecular flexibility index (Phi) is 25.1. The summed E-state index contributed by atoms with van der Waals surface area (Å²) in [6, 6.07) is 14.2. The smallest absolute Gasteiger partial charge is 0.338 e. The highest BCUT2D eigenvalue weighted by Gasteiger charge is 2.30. The molecule has 0 saturated heterocycles. The molecule has 0 saturated carbocycles. The van der Waals surface area contributed by atoms with E-state index in [1.165, 1.54) is 135 Å². The number of rotatable bonds is 30. The van der Waals surface area contributed by atoms with Crippen LogP contribution < -0.4 is 5.32 Å². The molecule has 0 aromatic heterocycles. The molecule has 0 spiro atoms. The van der Waals surface area contributed by atoms with E-state index in [4.69, 9.17) is 4.74 Å². The van der Waals surface area contributed by atoms with Gasteiger partial charge in [0.1, 0.15) is 0 Å².